The van der Waals surface area contributed by atoms with Gasteiger partial charge in [-0.2, -0.15) is 0 Å². The van der Waals surface area contributed by atoms with Crippen LogP contribution in [0.5, 0.6) is 0 Å². The number of carbonyl (C=O) groups is 4. The first-order valence-corrected chi connectivity index (χ1v) is 8.24. The lowest BCUT2D eigenvalue weighted by molar-refractivity contribution is -0.147. The van der Waals surface area contributed by atoms with Crippen molar-refractivity contribution in [3.63, 3.8) is 0 Å². The number of carboxylic acids is 2. The molecule has 0 aliphatic carbocycles. The van der Waals surface area contributed by atoms with Gasteiger partial charge in [0.25, 0.3) is 0 Å². The molecule has 0 saturated carbocycles. The molecule has 9 nitrogen and oxygen atoms in total. The number of aliphatic carboxylic acids is 2. The largest absolute Gasteiger partial charge is 0.481 e. The van der Waals surface area contributed by atoms with Crippen LogP contribution in [0.15, 0.2) is 0 Å². The molecule has 25 heavy (non-hydrogen) atoms. The average Bonchev–Trinajstić information content (AvgIpc) is 2.43. The summed E-state index contributed by atoms with van der Waals surface area (Å²) in [6.45, 7) is 7.50. The van der Waals surface area contributed by atoms with Gasteiger partial charge in [0.05, 0.1) is 12.5 Å². The Hall–Kier alpha value is -2.16. The van der Waals surface area contributed by atoms with Gasteiger partial charge >= 0.3 is 11.9 Å². The highest BCUT2D eigenvalue weighted by Crippen LogP contribution is 2.08. The quantitative estimate of drug-likeness (QED) is 0.345. The van der Waals surface area contributed by atoms with Gasteiger partial charge in [-0.25, -0.2) is 4.79 Å². The molecular formula is C16H29N3O6. The Labute approximate surface area is 147 Å². The molecule has 0 bridgehead atoms. The fraction of sp³-hybridized carbons (Fsp3) is 0.750. The second-order valence-corrected chi connectivity index (χ2v) is 6.92. The minimum absolute atomic E-state index is 0.0418. The molecule has 3 atom stereocenters. The molecule has 0 saturated heterocycles. The Balaban J connectivity index is 5.05. The molecule has 0 aliphatic rings. The van der Waals surface area contributed by atoms with Gasteiger partial charge in [-0.3, -0.25) is 14.4 Å². The van der Waals surface area contributed by atoms with Crippen molar-refractivity contribution in [3.8, 4) is 0 Å². The van der Waals surface area contributed by atoms with E-state index in [0.29, 0.717) is 6.42 Å². The fourth-order valence-electron chi connectivity index (χ4n) is 2.24. The summed E-state index contributed by atoms with van der Waals surface area (Å²) in [7, 11) is 0. The van der Waals surface area contributed by atoms with Crippen LogP contribution < -0.4 is 16.4 Å². The number of rotatable bonds is 11. The SMILES string of the molecule is CC(C)C[C@H](NC(=O)[C@@H](N)CC(C)C)C(=O)N[C@@H](CC(=O)O)C(=O)O. The van der Waals surface area contributed by atoms with Gasteiger partial charge in [0, 0.05) is 0 Å². The van der Waals surface area contributed by atoms with E-state index in [1.54, 1.807) is 0 Å². The van der Waals surface area contributed by atoms with Gasteiger partial charge in [0.15, 0.2) is 0 Å². The van der Waals surface area contributed by atoms with Crippen molar-refractivity contribution in [3.05, 3.63) is 0 Å². The molecular weight excluding hydrogens is 330 g/mol. The fourth-order valence-corrected chi connectivity index (χ4v) is 2.24. The number of carbonyl (C=O) groups excluding carboxylic acids is 2. The minimum Gasteiger partial charge on any atom is -0.481 e. The molecule has 0 rings (SSSR count). The van der Waals surface area contributed by atoms with Crippen LogP contribution in [0, 0.1) is 11.8 Å². The molecule has 0 radical (unpaired) electrons. The molecule has 0 fully saturated rings. The van der Waals surface area contributed by atoms with Gasteiger partial charge in [-0.1, -0.05) is 27.7 Å². The number of nitrogens with two attached hydrogens (primary N) is 1. The number of hydrogen-bond acceptors (Lipinski definition) is 5. The molecule has 144 valence electrons. The molecule has 0 aliphatic heterocycles. The summed E-state index contributed by atoms with van der Waals surface area (Å²) >= 11 is 0. The van der Waals surface area contributed by atoms with Crippen LogP contribution in [0.3, 0.4) is 0 Å². The summed E-state index contributed by atoms with van der Waals surface area (Å²) in [5.41, 5.74) is 5.80. The van der Waals surface area contributed by atoms with Crippen molar-refractivity contribution in [1.82, 2.24) is 10.6 Å². The van der Waals surface area contributed by atoms with Crippen LogP contribution in [0.4, 0.5) is 0 Å². The van der Waals surface area contributed by atoms with E-state index in [9.17, 15) is 19.2 Å². The van der Waals surface area contributed by atoms with E-state index >= 15 is 0 Å². The Morgan fingerprint density at radius 3 is 1.72 bits per heavy atom. The first-order chi connectivity index (χ1) is 11.4. The summed E-state index contributed by atoms with van der Waals surface area (Å²) in [6.07, 6.45) is -0.0414. The van der Waals surface area contributed by atoms with Crippen molar-refractivity contribution < 1.29 is 29.4 Å². The topological polar surface area (TPSA) is 159 Å². The lowest BCUT2D eigenvalue weighted by Gasteiger charge is -2.24. The Bertz CT molecular complexity index is 492. The van der Waals surface area contributed by atoms with E-state index in [0.717, 1.165) is 0 Å². The number of amides is 2. The molecule has 0 spiro atoms. The summed E-state index contributed by atoms with van der Waals surface area (Å²) in [6, 6.07) is -3.33. The molecule has 0 heterocycles. The second kappa shape index (κ2) is 10.7. The average molecular weight is 359 g/mol. The highest BCUT2D eigenvalue weighted by Gasteiger charge is 2.29. The van der Waals surface area contributed by atoms with Crippen LogP contribution in [0.2, 0.25) is 0 Å². The van der Waals surface area contributed by atoms with Gasteiger partial charge in [-0.15, -0.1) is 0 Å². The van der Waals surface area contributed by atoms with Crippen molar-refractivity contribution in [2.75, 3.05) is 0 Å². The van der Waals surface area contributed by atoms with Gasteiger partial charge in [0.2, 0.25) is 11.8 Å². The van der Waals surface area contributed by atoms with E-state index in [2.05, 4.69) is 10.6 Å². The Morgan fingerprint density at radius 2 is 1.32 bits per heavy atom. The third-order valence-electron chi connectivity index (χ3n) is 3.40. The first-order valence-electron chi connectivity index (χ1n) is 8.24. The predicted octanol–water partition coefficient (Wildman–Crippen LogP) is -0.0652. The van der Waals surface area contributed by atoms with Gasteiger partial charge < -0.3 is 26.6 Å². The van der Waals surface area contributed by atoms with Crippen molar-refractivity contribution >= 4 is 23.8 Å². The molecule has 2 amide bonds. The maximum absolute atomic E-state index is 12.3. The molecule has 0 aromatic rings. The Kier molecular flexibility index (Phi) is 9.73. The van der Waals surface area contributed by atoms with Gasteiger partial charge in [-0.05, 0) is 24.7 Å². The molecule has 0 aromatic carbocycles. The van der Waals surface area contributed by atoms with Crippen molar-refractivity contribution in [2.24, 2.45) is 17.6 Å². The van der Waals surface area contributed by atoms with E-state index < -0.39 is 48.3 Å². The maximum atomic E-state index is 12.3. The van der Waals surface area contributed by atoms with E-state index in [4.69, 9.17) is 15.9 Å². The van der Waals surface area contributed by atoms with Crippen molar-refractivity contribution in [1.29, 1.82) is 0 Å². The van der Waals surface area contributed by atoms with Crippen LogP contribution in [0.1, 0.15) is 47.0 Å². The second-order valence-electron chi connectivity index (χ2n) is 6.92. The smallest absolute Gasteiger partial charge is 0.326 e. The molecule has 6 N–H and O–H groups in total. The third-order valence-corrected chi connectivity index (χ3v) is 3.40. The van der Waals surface area contributed by atoms with Crippen LogP contribution in [-0.2, 0) is 19.2 Å². The zero-order valence-electron chi connectivity index (χ0n) is 15.1. The number of carboxylic acid groups (broad SMARTS) is 2. The number of hydrogen-bond donors (Lipinski definition) is 5. The first kappa shape index (κ1) is 22.8. The molecule has 0 unspecified atom stereocenters. The summed E-state index contributed by atoms with van der Waals surface area (Å²) < 4.78 is 0. The Morgan fingerprint density at radius 1 is 0.840 bits per heavy atom. The third kappa shape index (κ3) is 9.65. The van der Waals surface area contributed by atoms with E-state index in [-0.39, 0.29) is 18.3 Å². The van der Waals surface area contributed by atoms with Gasteiger partial charge in [0.1, 0.15) is 12.1 Å². The monoisotopic (exact) mass is 359 g/mol. The lowest BCUT2D eigenvalue weighted by Crippen LogP contribution is -2.55. The predicted molar refractivity (Wildman–Crippen MR) is 90.6 cm³/mol. The summed E-state index contributed by atoms with van der Waals surface area (Å²) in [5.74, 6) is -3.81. The molecule has 0 aromatic heterocycles. The standard InChI is InChI=1S/C16H29N3O6/c1-8(2)5-10(17)14(22)18-11(6-9(3)4)15(23)19-12(16(24)25)7-13(20)21/h8-12H,5-7,17H2,1-4H3,(H,18,22)(H,19,23)(H,20,21)(H,24,25)/t10-,11-,12-/m0/s1. The van der Waals surface area contributed by atoms with Crippen molar-refractivity contribution in [2.45, 2.75) is 65.1 Å². The summed E-state index contributed by atoms with van der Waals surface area (Å²) in [5, 5.41) is 22.4. The zero-order chi connectivity index (χ0) is 19.7. The summed E-state index contributed by atoms with van der Waals surface area (Å²) in [4.78, 5) is 46.3. The van der Waals surface area contributed by atoms with Crippen LogP contribution >= 0.6 is 0 Å². The zero-order valence-corrected chi connectivity index (χ0v) is 15.1. The highest BCUT2D eigenvalue weighted by molar-refractivity contribution is 5.92. The molecule has 9 heteroatoms. The lowest BCUT2D eigenvalue weighted by atomic mass is 10.00. The number of nitrogens with one attached hydrogen (secondary N) is 2. The maximum Gasteiger partial charge on any atom is 0.326 e. The van der Waals surface area contributed by atoms with Crippen LogP contribution in [0.25, 0.3) is 0 Å². The normalized spacial score (nSPS) is 14.7. The highest BCUT2D eigenvalue weighted by atomic mass is 16.4. The van der Waals surface area contributed by atoms with E-state index in [1.807, 2.05) is 27.7 Å². The minimum atomic E-state index is -1.57. The van der Waals surface area contributed by atoms with Crippen LogP contribution in [-0.4, -0.2) is 52.1 Å². The van der Waals surface area contributed by atoms with E-state index in [1.165, 1.54) is 0 Å².